The predicted octanol–water partition coefficient (Wildman–Crippen LogP) is 4.69. The summed E-state index contributed by atoms with van der Waals surface area (Å²) in [4.78, 5) is 4.02. The van der Waals surface area contributed by atoms with Crippen molar-refractivity contribution in [1.29, 1.82) is 0 Å². The van der Waals surface area contributed by atoms with Crippen LogP contribution in [0.4, 0.5) is 0 Å². The molecule has 0 N–H and O–H groups in total. The molecule has 0 bridgehead atoms. The zero-order valence-electron chi connectivity index (χ0n) is 10.2. The minimum Gasteiger partial charge on any atom is -0.489 e. The highest BCUT2D eigenvalue weighted by atomic mass is 79.9. The van der Waals surface area contributed by atoms with Gasteiger partial charge in [-0.3, -0.25) is 0 Å². The molecule has 0 unspecified atom stereocenters. The van der Waals surface area contributed by atoms with Gasteiger partial charge in [-0.05, 0) is 43.2 Å². The molecule has 0 aliphatic carbocycles. The van der Waals surface area contributed by atoms with Crippen molar-refractivity contribution in [2.24, 2.45) is 0 Å². The van der Waals surface area contributed by atoms with Gasteiger partial charge in [0.15, 0.2) is 0 Å². The van der Waals surface area contributed by atoms with Gasteiger partial charge < -0.3 is 4.74 Å². The van der Waals surface area contributed by atoms with Crippen molar-refractivity contribution in [3.05, 3.63) is 56.8 Å². The van der Waals surface area contributed by atoms with E-state index in [1.165, 1.54) is 0 Å². The summed E-state index contributed by atoms with van der Waals surface area (Å²) in [5, 5.41) is 0.489. The van der Waals surface area contributed by atoms with Crippen LogP contribution in [0.15, 0.2) is 34.9 Å². The second-order valence-corrected chi connectivity index (χ2v) is 5.26. The zero-order valence-corrected chi connectivity index (χ0v) is 12.5. The standard InChI is InChI=1S/C14H13BrClNO/c1-9-6-12(7-10(2)13(9)15)18-8-11-4-3-5-17-14(11)16/h3-7H,8H2,1-2H3. The molecular weight excluding hydrogens is 314 g/mol. The van der Waals surface area contributed by atoms with Crippen LogP contribution in [0.1, 0.15) is 16.7 Å². The molecule has 0 aliphatic heterocycles. The van der Waals surface area contributed by atoms with E-state index in [4.69, 9.17) is 16.3 Å². The molecular formula is C14H13BrClNO. The van der Waals surface area contributed by atoms with Crippen LogP contribution in [0.25, 0.3) is 0 Å². The van der Waals surface area contributed by atoms with Crippen LogP contribution in [-0.2, 0) is 6.61 Å². The van der Waals surface area contributed by atoms with Gasteiger partial charge in [0.05, 0.1) is 0 Å². The van der Waals surface area contributed by atoms with Crippen LogP contribution in [0, 0.1) is 13.8 Å². The Bertz CT molecular complexity index is 548. The summed E-state index contributed by atoms with van der Waals surface area (Å²) >= 11 is 9.51. The SMILES string of the molecule is Cc1cc(OCc2cccnc2Cl)cc(C)c1Br. The van der Waals surface area contributed by atoms with Gasteiger partial charge in [-0.1, -0.05) is 33.6 Å². The van der Waals surface area contributed by atoms with Gasteiger partial charge in [-0.2, -0.15) is 0 Å². The number of ether oxygens (including phenoxy) is 1. The molecule has 0 amide bonds. The van der Waals surface area contributed by atoms with Gasteiger partial charge in [-0.25, -0.2) is 4.98 Å². The number of rotatable bonds is 3. The lowest BCUT2D eigenvalue weighted by atomic mass is 10.1. The molecule has 0 saturated carbocycles. The van der Waals surface area contributed by atoms with Crippen molar-refractivity contribution in [3.8, 4) is 5.75 Å². The third kappa shape index (κ3) is 3.03. The number of aryl methyl sites for hydroxylation is 2. The van der Waals surface area contributed by atoms with Crippen LogP contribution < -0.4 is 4.74 Å². The largest absolute Gasteiger partial charge is 0.489 e. The Morgan fingerprint density at radius 1 is 1.28 bits per heavy atom. The number of hydrogen-bond donors (Lipinski definition) is 0. The summed E-state index contributed by atoms with van der Waals surface area (Å²) in [6.07, 6.45) is 1.67. The molecule has 1 heterocycles. The number of benzene rings is 1. The Kier molecular flexibility index (Phi) is 4.25. The molecule has 0 saturated heterocycles. The van der Waals surface area contributed by atoms with Gasteiger partial charge in [-0.15, -0.1) is 0 Å². The summed E-state index contributed by atoms with van der Waals surface area (Å²) in [5.74, 6) is 0.841. The molecule has 2 aromatic rings. The number of aromatic nitrogens is 1. The van der Waals surface area contributed by atoms with Crippen molar-refractivity contribution in [1.82, 2.24) is 4.98 Å². The van der Waals surface area contributed by atoms with Crippen molar-refractivity contribution in [2.45, 2.75) is 20.5 Å². The second kappa shape index (κ2) is 5.72. The van der Waals surface area contributed by atoms with E-state index >= 15 is 0 Å². The smallest absolute Gasteiger partial charge is 0.135 e. The lowest BCUT2D eigenvalue weighted by molar-refractivity contribution is 0.305. The zero-order chi connectivity index (χ0) is 13.1. The van der Waals surface area contributed by atoms with E-state index in [0.29, 0.717) is 11.8 Å². The first-order valence-corrected chi connectivity index (χ1v) is 6.74. The van der Waals surface area contributed by atoms with E-state index in [2.05, 4.69) is 20.9 Å². The van der Waals surface area contributed by atoms with E-state index in [9.17, 15) is 0 Å². The molecule has 0 spiro atoms. The van der Waals surface area contributed by atoms with Gasteiger partial charge >= 0.3 is 0 Å². The van der Waals surface area contributed by atoms with Crippen molar-refractivity contribution in [3.63, 3.8) is 0 Å². The number of nitrogens with zero attached hydrogens (tertiary/aromatic N) is 1. The molecule has 2 nitrogen and oxygen atoms in total. The fraction of sp³-hybridized carbons (Fsp3) is 0.214. The summed E-state index contributed by atoms with van der Waals surface area (Å²) < 4.78 is 6.86. The summed E-state index contributed by atoms with van der Waals surface area (Å²) in [7, 11) is 0. The highest BCUT2D eigenvalue weighted by Crippen LogP contribution is 2.27. The van der Waals surface area contributed by atoms with Crippen LogP contribution in [0.5, 0.6) is 5.75 Å². The number of halogens is 2. The van der Waals surface area contributed by atoms with E-state index in [1.54, 1.807) is 6.20 Å². The maximum absolute atomic E-state index is 5.98. The molecule has 94 valence electrons. The van der Waals surface area contributed by atoms with E-state index in [1.807, 2.05) is 38.1 Å². The lowest BCUT2D eigenvalue weighted by Gasteiger charge is -2.10. The monoisotopic (exact) mass is 325 g/mol. The third-order valence-electron chi connectivity index (χ3n) is 2.64. The minimum absolute atomic E-state index is 0.424. The first-order chi connectivity index (χ1) is 8.58. The fourth-order valence-corrected chi connectivity index (χ4v) is 2.08. The predicted molar refractivity (Wildman–Crippen MR) is 77.2 cm³/mol. The lowest BCUT2D eigenvalue weighted by Crippen LogP contribution is -1.98. The van der Waals surface area contributed by atoms with Gasteiger partial charge in [0.25, 0.3) is 0 Å². The topological polar surface area (TPSA) is 22.1 Å². The quantitative estimate of drug-likeness (QED) is 0.763. The Morgan fingerprint density at radius 2 is 1.94 bits per heavy atom. The summed E-state index contributed by atoms with van der Waals surface area (Å²) in [6.45, 7) is 4.51. The highest BCUT2D eigenvalue weighted by molar-refractivity contribution is 9.10. The fourth-order valence-electron chi connectivity index (χ4n) is 1.68. The van der Waals surface area contributed by atoms with Crippen LogP contribution in [0.2, 0.25) is 5.15 Å². The minimum atomic E-state index is 0.424. The molecule has 1 aromatic heterocycles. The molecule has 0 radical (unpaired) electrons. The molecule has 0 aliphatic rings. The molecule has 4 heteroatoms. The summed E-state index contributed by atoms with van der Waals surface area (Å²) in [5.41, 5.74) is 3.20. The Hall–Kier alpha value is -1.06. The third-order valence-corrected chi connectivity index (χ3v) is 4.23. The summed E-state index contributed by atoms with van der Waals surface area (Å²) in [6, 6.07) is 7.76. The first-order valence-electron chi connectivity index (χ1n) is 5.57. The van der Waals surface area contributed by atoms with Gasteiger partial charge in [0.2, 0.25) is 0 Å². The average molecular weight is 327 g/mol. The molecule has 2 rings (SSSR count). The molecule has 18 heavy (non-hydrogen) atoms. The van der Waals surface area contributed by atoms with Crippen LogP contribution in [-0.4, -0.2) is 4.98 Å². The maximum atomic E-state index is 5.98. The molecule has 0 atom stereocenters. The number of hydrogen-bond acceptors (Lipinski definition) is 2. The average Bonchev–Trinajstić information content (AvgIpc) is 2.35. The van der Waals surface area contributed by atoms with Crippen LogP contribution in [0.3, 0.4) is 0 Å². The van der Waals surface area contributed by atoms with E-state index < -0.39 is 0 Å². The Labute approximate surface area is 120 Å². The van der Waals surface area contributed by atoms with E-state index in [-0.39, 0.29) is 0 Å². The molecule has 1 aromatic carbocycles. The van der Waals surface area contributed by atoms with Gasteiger partial charge in [0, 0.05) is 16.2 Å². The second-order valence-electron chi connectivity index (χ2n) is 4.11. The van der Waals surface area contributed by atoms with Gasteiger partial charge in [0.1, 0.15) is 17.5 Å². The normalized spacial score (nSPS) is 10.4. The van der Waals surface area contributed by atoms with Crippen LogP contribution >= 0.6 is 27.5 Å². The number of pyridine rings is 1. The van der Waals surface area contributed by atoms with Crippen molar-refractivity contribution >= 4 is 27.5 Å². The first kappa shape index (κ1) is 13.4. The maximum Gasteiger partial charge on any atom is 0.135 e. The van der Waals surface area contributed by atoms with Crippen molar-refractivity contribution < 1.29 is 4.74 Å². The molecule has 0 fully saturated rings. The van der Waals surface area contributed by atoms with E-state index in [0.717, 1.165) is 26.9 Å². The van der Waals surface area contributed by atoms with Crippen molar-refractivity contribution in [2.75, 3.05) is 0 Å². The Morgan fingerprint density at radius 3 is 2.56 bits per heavy atom. The highest BCUT2D eigenvalue weighted by Gasteiger charge is 2.05. The Balaban J connectivity index is 2.14.